The summed E-state index contributed by atoms with van der Waals surface area (Å²) in [6.07, 6.45) is 0. The number of para-hydroxylation sites is 1. The number of halogens is 1. The monoisotopic (exact) mass is 304 g/mol. The van der Waals surface area contributed by atoms with Crippen molar-refractivity contribution in [3.05, 3.63) is 47.5 Å². The van der Waals surface area contributed by atoms with E-state index in [1.165, 1.54) is 4.88 Å². The lowest BCUT2D eigenvalue weighted by Crippen LogP contribution is -2.18. The summed E-state index contributed by atoms with van der Waals surface area (Å²) >= 11 is 1.73. The third kappa shape index (κ3) is 2.11. The summed E-state index contributed by atoms with van der Waals surface area (Å²) in [7, 11) is 0. The third-order valence-corrected chi connectivity index (χ3v) is 4.14. The van der Waals surface area contributed by atoms with E-state index in [1.807, 2.05) is 0 Å². The van der Waals surface area contributed by atoms with Crippen LogP contribution < -0.4 is 5.32 Å². The van der Waals surface area contributed by atoms with E-state index in [0.29, 0.717) is 0 Å². The van der Waals surface area contributed by atoms with E-state index in [-0.39, 0.29) is 12.4 Å². The van der Waals surface area contributed by atoms with Crippen molar-refractivity contribution in [3.8, 4) is 10.4 Å². The highest BCUT2D eigenvalue weighted by molar-refractivity contribution is 7.13. The summed E-state index contributed by atoms with van der Waals surface area (Å²) in [5.74, 6) is 1.70. The van der Waals surface area contributed by atoms with Gasteiger partial charge in [0.2, 0.25) is 0 Å². The molecule has 0 fully saturated rings. The van der Waals surface area contributed by atoms with E-state index in [2.05, 4.69) is 52.1 Å². The Labute approximate surface area is 126 Å². The Balaban J connectivity index is 0.00000121. The lowest BCUT2D eigenvalue weighted by Gasteiger charge is -1.99. The van der Waals surface area contributed by atoms with Gasteiger partial charge in [-0.2, -0.15) is 0 Å². The number of rotatable bonds is 2. The van der Waals surface area contributed by atoms with Crippen molar-refractivity contribution in [1.82, 2.24) is 5.32 Å². The average molecular weight is 305 g/mol. The fourth-order valence-electron chi connectivity index (χ4n) is 2.37. The van der Waals surface area contributed by atoms with Gasteiger partial charge in [-0.1, -0.05) is 18.2 Å². The second kappa shape index (κ2) is 5.31. The number of benzene rings is 1. The van der Waals surface area contributed by atoms with Crippen LogP contribution in [0.1, 0.15) is 5.76 Å². The molecular formula is C15H13ClN2OS. The van der Waals surface area contributed by atoms with E-state index in [1.54, 1.807) is 11.3 Å². The van der Waals surface area contributed by atoms with Gasteiger partial charge in [0, 0.05) is 22.4 Å². The maximum absolute atomic E-state index is 6.02. The number of nitrogens with zero attached hydrogens (tertiary/aromatic N) is 1. The van der Waals surface area contributed by atoms with Gasteiger partial charge in [-0.25, -0.2) is 0 Å². The van der Waals surface area contributed by atoms with Crippen molar-refractivity contribution in [2.75, 3.05) is 13.1 Å². The Morgan fingerprint density at radius 2 is 2.15 bits per heavy atom. The van der Waals surface area contributed by atoms with Gasteiger partial charge in [0.1, 0.15) is 5.58 Å². The molecule has 1 aliphatic heterocycles. The van der Waals surface area contributed by atoms with Crippen LogP contribution in [0.5, 0.6) is 0 Å². The minimum Gasteiger partial charge on any atom is -0.452 e. The molecule has 0 saturated carbocycles. The van der Waals surface area contributed by atoms with Crippen LogP contribution in [-0.2, 0) is 0 Å². The lowest BCUT2D eigenvalue weighted by atomic mass is 10.1. The van der Waals surface area contributed by atoms with E-state index in [4.69, 9.17) is 4.42 Å². The van der Waals surface area contributed by atoms with Gasteiger partial charge in [0.05, 0.1) is 6.54 Å². The Bertz CT molecular complexity index is 761. The number of thiophene rings is 1. The first-order chi connectivity index (χ1) is 9.42. The van der Waals surface area contributed by atoms with Crippen LogP contribution in [0.15, 0.2) is 51.2 Å². The van der Waals surface area contributed by atoms with E-state index >= 15 is 0 Å². The van der Waals surface area contributed by atoms with Crippen molar-refractivity contribution in [1.29, 1.82) is 0 Å². The average Bonchev–Trinajstić information content (AvgIpc) is 3.18. The Morgan fingerprint density at radius 1 is 1.20 bits per heavy atom. The summed E-state index contributed by atoms with van der Waals surface area (Å²) in [6.45, 7) is 1.72. The maximum atomic E-state index is 6.02. The Kier molecular flexibility index (Phi) is 3.51. The van der Waals surface area contributed by atoms with Crippen LogP contribution in [0.3, 0.4) is 0 Å². The standard InChI is InChI=1S/C15H12N2OS.ClH/c1-3-10-9-12(15-16-6-7-17-15)18-14(10)11(4-1)13-5-2-8-19-13;/h1-5,8-9H,6-7H2,(H,16,17);1H. The molecule has 0 aliphatic carbocycles. The first-order valence-corrected chi connectivity index (χ1v) is 7.15. The number of furan rings is 1. The number of hydrogen-bond acceptors (Lipinski definition) is 4. The summed E-state index contributed by atoms with van der Waals surface area (Å²) in [5.41, 5.74) is 2.09. The Morgan fingerprint density at radius 3 is 2.90 bits per heavy atom. The maximum Gasteiger partial charge on any atom is 0.170 e. The molecule has 2 aromatic heterocycles. The zero-order valence-corrected chi connectivity index (χ0v) is 12.3. The van der Waals surface area contributed by atoms with Crippen molar-refractivity contribution in [2.24, 2.45) is 4.99 Å². The lowest BCUT2D eigenvalue weighted by molar-refractivity contribution is 0.603. The summed E-state index contributed by atoms with van der Waals surface area (Å²) in [4.78, 5) is 5.64. The van der Waals surface area contributed by atoms with E-state index in [0.717, 1.165) is 41.2 Å². The number of amidine groups is 1. The van der Waals surface area contributed by atoms with Crippen molar-refractivity contribution < 1.29 is 4.42 Å². The smallest absolute Gasteiger partial charge is 0.170 e. The quantitative estimate of drug-likeness (QED) is 0.779. The van der Waals surface area contributed by atoms with Crippen molar-refractivity contribution >= 4 is 40.5 Å². The second-order valence-corrected chi connectivity index (χ2v) is 5.42. The first-order valence-electron chi connectivity index (χ1n) is 6.27. The highest BCUT2D eigenvalue weighted by Gasteiger charge is 2.15. The molecule has 3 nitrogen and oxygen atoms in total. The molecule has 5 heteroatoms. The molecule has 4 rings (SSSR count). The molecule has 0 bridgehead atoms. The summed E-state index contributed by atoms with van der Waals surface area (Å²) in [6, 6.07) is 12.5. The molecule has 0 amide bonds. The number of hydrogen-bond donors (Lipinski definition) is 1. The van der Waals surface area contributed by atoms with Gasteiger partial charge in [-0.15, -0.1) is 23.7 Å². The summed E-state index contributed by atoms with van der Waals surface area (Å²) < 4.78 is 6.02. The van der Waals surface area contributed by atoms with Crippen LogP contribution in [0.4, 0.5) is 0 Å². The topological polar surface area (TPSA) is 37.5 Å². The SMILES string of the molecule is Cl.c1csc(-c2cccc3cc(C4=NCCN4)oc23)c1. The molecular weight excluding hydrogens is 292 g/mol. The minimum absolute atomic E-state index is 0. The number of aliphatic imine (C=N–C) groups is 1. The predicted molar refractivity (Wildman–Crippen MR) is 86.2 cm³/mol. The predicted octanol–water partition coefficient (Wildman–Crippen LogP) is 3.93. The van der Waals surface area contributed by atoms with Crippen LogP contribution in [0, 0.1) is 0 Å². The van der Waals surface area contributed by atoms with Gasteiger partial charge >= 0.3 is 0 Å². The number of fused-ring (bicyclic) bond motifs is 1. The van der Waals surface area contributed by atoms with Gasteiger partial charge in [0.25, 0.3) is 0 Å². The fraction of sp³-hybridized carbons (Fsp3) is 0.133. The molecule has 1 N–H and O–H groups in total. The first kappa shape index (κ1) is 13.2. The van der Waals surface area contributed by atoms with Crippen LogP contribution in [0.2, 0.25) is 0 Å². The fourth-order valence-corrected chi connectivity index (χ4v) is 3.12. The zero-order valence-electron chi connectivity index (χ0n) is 10.6. The Hall–Kier alpha value is -1.78. The van der Waals surface area contributed by atoms with Gasteiger partial charge in [-0.05, 0) is 23.6 Å². The third-order valence-electron chi connectivity index (χ3n) is 3.24. The molecule has 102 valence electrons. The van der Waals surface area contributed by atoms with Gasteiger partial charge in [0.15, 0.2) is 11.6 Å². The molecule has 0 saturated heterocycles. The van der Waals surface area contributed by atoms with Gasteiger partial charge < -0.3 is 9.73 Å². The van der Waals surface area contributed by atoms with Crippen LogP contribution >= 0.6 is 23.7 Å². The molecule has 0 radical (unpaired) electrons. The van der Waals surface area contributed by atoms with Crippen molar-refractivity contribution in [2.45, 2.75) is 0 Å². The highest BCUT2D eigenvalue weighted by atomic mass is 35.5. The second-order valence-electron chi connectivity index (χ2n) is 4.47. The van der Waals surface area contributed by atoms with Crippen LogP contribution in [0.25, 0.3) is 21.4 Å². The molecule has 0 atom stereocenters. The van der Waals surface area contributed by atoms with Crippen LogP contribution in [-0.4, -0.2) is 18.9 Å². The molecule has 1 aromatic carbocycles. The molecule has 1 aliphatic rings. The largest absolute Gasteiger partial charge is 0.452 e. The van der Waals surface area contributed by atoms with E-state index in [9.17, 15) is 0 Å². The van der Waals surface area contributed by atoms with Gasteiger partial charge in [-0.3, -0.25) is 4.99 Å². The molecule has 3 aromatic rings. The summed E-state index contributed by atoms with van der Waals surface area (Å²) in [5, 5.41) is 6.45. The molecule has 3 heterocycles. The van der Waals surface area contributed by atoms with E-state index < -0.39 is 0 Å². The molecule has 20 heavy (non-hydrogen) atoms. The number of nitrogens with one attached hydrogen (secondary N) is 1. The highest BCUT2D eigenvalue weighted by Crippen LogP contribution is 2.33. The molecule has 0 spiro atoms. The zero-order chi connectivity index (χ0) is 12.7. The normalized spacial score (nSPS) is 13.9. The minimum atomic E-state index is 0. The van der Waals surface area contributed by atoms with Crippen molar-refractivity contribution in [3.63, 3.8) is 0 Å². The molecule has 0 unspecified atom stereocenters.